The Morgan fingerprint density at radius 1 is 1.12 bits per heavy atom. The van der Waals surface area contributed by atoms with E-state index in [0.717, 1.165) is 29.6 Å². The number of allylic oxidation sites excluding steroid dienone is 6. The summed E-state index contributed by atoms with van der Waals surface area (Å²) in [5.74, 6) is 4.42. The highest BCUT2D eigenvalue weighted by molar-refractivity contribution is 5.37. The van der Waals surface area contributed by atoms with Crippen LogP contribution in [0.15, 0.2) is 36.0 Å². The predicted octanol–water partition coefficient (Wildman–Crippen LogP) is 5.90. The topological polar surface area (TPSA) is 12.0 Å². The van der Waals surface area contributed by atoms with Gasteiger partial charge in [0.1, 0.15) is 0 Å². The Labute approximate surface area is 155 Å². The van der Waals surface area contributed by atoms with Gasteiger partial charge in [-0.15, -0.1) is 0 Å². The highest BCUT2D eigenvalue weighted by atomic mass is 14.8. The zero-order chi connectivity index (χ0) is 17.3. The molecule has 0 unspecified atom stereocenters. The average Bonchev–Trinajstić information content (AvgIpc) is 3.03. The molecule has 0 amide bonds. The second-order valence-electron chi connectivity index (χ2n) is 9.49. The molecule has 2 fully saturated rings. The second kappa shape index (κ2) is 7.43. The van der Waals surface area contributed by atoms with Gasteiger partial charge in [0.2, 0.25) is 0 Å². The van der Waals surface area contributed by atoms with E-state index in [9.17, 15) is 0 Å². The zero-order valence-corrected chi connectivity index (χ0v) is 16.3. The number of hydrogen-bond donors (Lipinski definition) is 1. The van der Waals surface area contributed by atoms with Crippen molar-refractivity contribution >= 4 is 0 Å². The molecule has 0 heterocycles. The third kappa shape index (κ3) is 3.29. The number of unbranched alkanes of at least 4 members (excludes halogenated alkanes) is 2. The summed E-state index contributed by atoms with van der Waals surface area (Å²) in [5.41, 5.74) is 2.30. The molecular weight excluding hydrogens is 302 g/mol. The Hall–Kier alpha value is -0.820. The maximum Gasteiger partial charge on any atom is 0.00492 e. The van der Waals surface area contributed by atoms with Crippen molar-refractivity contribution in [3.63, 3.8) is 0 Å². The SMILES string of the molecule is CNCCCCC[C@@H]1C=C2C=CC=C[C@@H]2[C@H]2CC[C@]3(C)CCC[C@H]3[C@@H]21. The molecule has 0 bridgehead atoms. The summed E-state index contributed by atoms with van der Waals surface area (Å²) in [5, 5.41) is 3.30. The van der Waals surface area contributed by atoms with E-state index in [4.69, 9.17) is 0 Å². The lowest BCUT2D eigenvalue weighted by atomic mass is 9.51. The highest BCUT2D eigenvalue weighted by Gasteiger charge is 2.53. The summed E-state index contributed by atoms with van der Waals surface area (Å²) in [6.45, 7) is 3.80. The Morgan fingerprint density at radius 3 is 2.92 bits per heavy atom. The van der Waals surface area contributed by atoms with Crippen LogP contribution in [0.5, 0.6) is 0 Å². The van der Waals surface area contributed by atoms with Crippen LogP contribution in [0.2, 0.25) is 0 Å². The number of fused-ring (bicyclic) bond motifs is 5. The van der Waals surface area contributed by atoms with E-state index in [-0.39, 0.29) is 0 Å². The molecule has 1 nitrogen and oxygen atoms in total. The zero-order valence-electron chi connectivity index (χ0n) is 16.3. The van der Waals surface area contributed by atoms with Gasteiger partial charge in [0.05, 0.1) is 0 Å². The first-order valence-corrected chi connectivity index (χ1v) is 10.9. The second-order valence-corrected chi connectivity index (χ2v) is 9.49. The standard InChI is InChI=1S/C24H37N/c1-24-14-8-12-22(24)23-19(10-4-3-7-16-25-2)17-18-9-5-6-11-20(18)21(23)13-15-24/h5-6,9,11,17,19-23,25H,3-4,7-8,10,12-16H2,1-2H3/t19-,20+,21-,22+,23-,24+/m1/s1. The molecule has 4 aliphatic rings. The van der Waals surface area contributed by atoms with Gasteiger partial charge in [-0.2, -0.15) is 0 Å². The minimum absolute atomic E-state index is 0.658. The summed E-state index contributed by atoms with van der Waals surface area (Å²) in [7, 11) is 2.07. The van der Waals surface area contributed by atoms with Crippen LogP contribution >= 0.6 is 0 Å². The van der Waals surface area contributed by atoms with E-state index in [1.807, 2.05) is 0 Å². The lowest BCUT2D eigenvalue weighted by Gasteiger charge is -2.53. The molecule has 4 aliphatic carbocycles. The predicted molar refractivity (Wildman–Crippen MR) is 107 cm³/mol. The van der Waals surface area contributed by atoms with E-state index >= 15 is 0 Å². The van der Waals surface area contributed by atoms with Gasteiger partial charge in [0.25, 0.3) is 0 Å². The third-order valence-electron chi connectivity index (χ3n) is 8.10. The third-order valence-corrected chi connectivity index (χ3v) is 8.10. The molecule has 6 atom stereocenters. The maximum absolute atomic E-state index is 3.30. The molecule has 0 spiro atoms. The molecule has 2 saturated carbocycles. The fourth-order valence-electron chi connectivity index (χ4n) is 6.87. The first kappa shape index (κ1) is 17.6. The van der Waals surface area contributed by atoms with Crippen LogP contribution in [0, 0.1) is 35.0 Å². The Kier molecular flexibility index (Phi) is 5.23. The molecular formula is C24H37N. The van der Waals surface area contributed by atoms with Crippen molar-refractivity contribution in [1.82, 2.24) is 5.32 Å². The van der Waals surface area contributed by atoms with Crippen molar-refractivity contribution in [1.29, 1.82) is 0 Å². The van der Waals surface area contributed by atoms with Crippen molar-refractivity contribution in [3.05, 3.63) is 36.0 Å². The lowest BCUT2D eigenvalue weighted by molar-refractivity contribution is -0.00462. The van der Waals surface area contributed by atoms with E-state index < -0.39 is 0 Å². The van der Waals surface area contributed by atoms with Crippen LogP contribution in [0.25, 0.3) is 0 Å². The Morgan fingerprint density at radius 2 is 2.04 bits per heavy atom. The number of hydrogen-bond acceptors (Lipinski definition) is 1. The fourth-order valence-corrected chi connectivity index (χ4v) is 6.87. The van der Waals surface area contributed by atoms with Gasteiger partial charge in [-0.1, -0.05) is 56.6 Å². The molecule has 1 heteroatoms. The summed E-state index contributed by atoms with van der Waals surface area (Å²) >= 11 is 0. The molecule has 138 valence electrons. The highest BCUT2D eigenvalue weighted by Crippen LogP contribution is 2.62. The van der Waals surface area contributed by atoms with Crippen molar-refractivity contribution in [2.45, 2.75) is 64.7 Å². The summed E-state index contributed by atoms with van der Waals surface area (Å²) in [6, 6.07) is 0. The van der Waals surface area contributed by atoms with E-state index in [1.165, 1.54) is 64.3 Å². The fraction of sp³-hybridized carbons (Fsp3) is 0.750. The molecule has 0 aromatic heterocycles. The molecule has 4 rings (SSSR count). The first-order valence-electron chi connectivity index (χ1n) is 10.9. The monoisotopic (exact) mass is 339 g/mol. The van der Waals surface area contributed by atoms with Gasteiger partial charge < -0.3 is 5.32 Å². The van der Waals surface area contributed by atoms with Crippen molar-refractivity contribution in [2.24, 2.45) is 35.0 Å². The van der Waals surface area contributed by atoms with Gasteiger partial charge >= 0.3 is 0 Å². The minimum atomic E-state index is 0.658. The Bertz CT molecular complexity index is 556. The van der Waals surface area contributed by atoms with Gasteiger partial charge in [-0.3, -0.25) is 0 Å². The number of nitrogens with one attached hydrogen (secondary N) is 1. The largest absolute Gasteiger partial charge is 0.320 e. The molecule has 0 aromatic rings. The molecule has 1 N–H and O–H groups in total. The quantitative estimate of drug-likeness (QED) is 0.594. The van der Waals surface area contributed by atoms with Crippen LogP contribution < -0.4 is 5.32 Å². The lowest BCUT2D eigenvalue weighted by Crippen LogP contribution is -2.46. The first-order chi connectivity index (χ1) is 12.2. The van der Waals surface area contributed by atoms with E-state index in [1.54, 1.807) is 5.57 Å². The maximum atomic E-state index is 3.30. The van der Waals surface area contributed by atoms with Crippen LogP contribution in [0.1, 0.15) is 64.7 Å². The number of rotatable bonds is 6. The summed E-state index contributed by atoms with van der Waals surface area (Å²) in [6.07, 6.45) is 25.2. The van der Waals surface area contributed by atoms with Crippen LogP contribution in [-0.2, 0) is 0 Å². The van der Waals surface area contributed by atoms with Gasteiger partial charge in [0.15, 0.2) is 0 Å². The molecule has 0 aromatic carbocycles. The minimum Gasteiger partial charge on any atom is -0.320 e. The van der Waals surface area contributed by atoms with E-state index in [2.05, 4.69) is 49.7 Å². The van der Waals surface area contributed by atoms with Gasteiger partial charge in [-0.25, -0.2) is 0 Å². The van der Waals surface area contributed by atoms with Crippen LogP contribution in [-0.4, -0.2) is 13.6 Å². The summed E-state index contributed by atoms with van der Waals surface area (Å²) < 4.78 is 0. The normalized spacial score (nSPS) is 41.8. The van der Waals surface area contributed by atoms with Gasteiger partial charge in [0, 0.05) is 5.92 Å². The van der Waals surface area contributed by atoms with Crippen LogP contribution in [0.3, 0.4) is 0 Å². The molecule has 0 radical (unpaired) electrons. The van der Waals surface area contributed by atoms with Gasteiger partial charge in [-0.05, 0) is 86.8 Å². The van der Waals surface area contributed by atoms with E-state index in [0.29, 0.717) is 5.41 Å². The van der Waals surface area contributed by atoms with Crippen molar-refractivity contribution < 1.29 is 0 Å². The smallest absolute Gasteiger partial charge is 0.00492 e. The summed E-state index contributed by atoms with van der Waals surface area (Å²) in [4.78, 5) is 0. The average molecular weight is 340 g/mol. The van der Waals surface area contributed by atoms with Crippen molar-refractivity contribution in [3.8, 4) is 0 Å². The molecule has 25 heavy (non-hydrogen) atoms. The Balaban J connectivity index is 1.54. The van der Waals surface area contributed by atoms with Crippen LogP contribution in [0.4, 0.5) is 0 Å². The molecule has 0 saturated heterocycles. The molecule has 0 aliphatic heterocycles. The van der Waals surface area contributed by atoms with Crippen molar-refractivity contribution in [2.75, 3.05) is 13.6 Å².